The van der Waals surface area contributed by atoms with Gasteiger partial charge in [0.05, 0.1) is 17.4 Å². The molecule has 0 spiro atoms. The summed E-state index contributed by atoms with van der Waals surface area (Å²) in [5, 5.41) is 3.22. The molecule has 0 amide bonds. The molecule has 0 atom stereocenters. The Bertz CT molecular complexity index is 589. The molecule has 1 aliphatic rings. The van der Waals surface area contributed by atoms with Crippen LogP contribution in [0.4, 0.5) is 0 Å². The van der Waals surface area contributed by atoms with E-state index in [0.29, 0.717) is 0 Å². The predicted molar refractivity (Wildman–Crippen MR) is 90.7 cm³/mol. The van der Waals surface area contributed by atoms with Gasteiger partial charge in [0.2, 0.25) is 0 Å². The number of hydrogen-bond acceptors (Lipinski definition) is 0. The quantitative estimate of drug-likeness (QED) is 0.747. The van der Waals surface area contributed by atoms with Crippen molar-refractivity contribution in [2.45, 2.75) is 32.7 Å². The summed E-state index contributed by atoms with van der Waals surface area (Å²) in [5.74, 6) is 0.797. The highest BCUT2D eigenvalue weighted by molar-refractivity contribution is 7.23. The summed E-state index contributed by atoms with van der Waals surface area (Å²) in [5.41, 5.74) is 3.03. The molecule has 2 aromatic rings. The summed E-state index contributed by atoms with van der Waals surface area (Å²) >= 11 is 0. The molecule has 4 bridgehead atoms. The fourth-order valence-corrected chi connectivity index (χ4v) is 9.51. The molecule has 20 heavy (non-hydrogen) atoms. The van der Waals surface area contributed by atoms with Gasteiger partial charge in [-0.05, 0) is 29.9 Å². The van der Waals surface area contributed by atoms with Gasteiger partial charge in [0.25, 0.3) is 0 Å². The molecule has 0 aromatic heterocycles. The van der Waals surface area contributed by atoms with E-state index in [1.54, 1.807) is 10.4 Å². The van der Waals surface area contributed by atoms with Crippen molar-refractivity contribution in [1.82, 2.24) is 0 Å². The molecule has 3 radical (unpaired) electrons. The molecule has 2 aromatic carbocycles. The third-order valence-corrected chi connectivity index (χ3v) is 10.2. The lowest BCUT2D eigenvalue weighted by atomic mass is 10.0. The first kappa shape index (κ1) is 13.8. The Morgan fingerprint density at radius 2 is 1.70 bits per heavy atom. The molecular formula is C18H21Si2. The standard InChI is InChI=1S/C18H21Si2/c1-14(2)13-20-18-8-4-6-16(12-18)10-9-15-5-3-7-17(11-15)19-20/h3-8,11-12,14H,9-10,13H2,1-2H3. The molecular weight excluding hydrogens is 272 g/mol. The van der Waals surface area contributed by atoms with Crippen LogP contribution in [-0.4, -0.2) is 17.4 Å². The second kappa shape index (κ2) is 6.10. The number of rotatable bonds is 2. The van der Waals surface area contributed by atoms with Crippen molar-refractivity contribution in [2.24, 2.45) is 5.92 Å². The number of fused-ring (bicyclic) bond motifs is 4. The Balaban J connectivity index is 1.99. The summed E-state index contributed by atoms with van der Waals surface area (Å²) in [6.45, 7) is 4.72. The first-order chi connectivity index (χ1) is 9.70. The van der Waals surface area contributed by atoms with Gasteiger partial charge >= 0.3 is 0 Å². The topological polar surface area (TPSA) is 0 Å². The SMILES string of the molecule is CC(C)C[Si]1[Si]c2cccc(c2)CCc2cccc1c2. The molecule has 0 nitrogen and oxygen atoms in total. The monoisotopic (exact) mass is 293 g/mol. The third kappa shape index (κ3) is 3.30. The van der Waals surface area contributed by atoms with Crippen molar-refractivity contribution in [2.75, 3.05) is 0 Å². The summed E-state index contributed by atoms with van der Waals surface area (Å²) < 4.78 is 0. The first-order valence-corrected chi connectivity index (χ1v) is 11.2. The molecule has 0 saturated carbocycles. The zero-order valence-electron chi connectivity index (χ0n) is 12.3. The van der Waals surface area contributed by atoms with Gasteiger partial charge in [-0.15, -0.1) is 0 Å². The zero-order chi connectivity index (χ0) is 13.9. The van der Waals surface area contributed by atoms with E-state index in [1.807, 2.05) is 0 Å². The van der Waals surface area contributed by atoms with Crippen LogP contribution in [0.1, 0.15) is 25.0 Å². The largest absolute Gasteiger partial charge is 0.0780 e. The van der Waals surface area contributed by atoms with Gasteiger partial charge in [0.1, 0.15) is 0 Å². The van der Waals surface area contributed by atoms with Crippen molar-refractivity contribution in [1.29, 1.82) is 0 Å². The first-order valence-electron chi connectivity index (χ1n) is 7.52. The Labute approximate surface area is 126 Å². The highest BCUT2D eigenvalue weighted by Crippen LogP contribution is 2.11. The van der Waals surface area contributed by atoms with E-state index >= 15 is 0 Å². The van der Waals surface area contributed by atoms with Crippen LogP contribution in [-0.2, 0) is 12.8 Å². The van der Waals surface area contributed by atoms with E-state index in [1.165, 1.54) is 30.0 Å². The summed E-state index contributed by atoms with van der Waals surface area (Å²) in [6, 6.07) is 20.2. The smallest absolute Gasteiger partial charge is 0.0668 e. The van der Waals surface area contributed by atoms with Crippen LogP contribution in [0.3, 0.4) is 0 Å². The van der Waals surface area contributed by atoms with Gasteiger partial charge in [0.15, 0.2) is 0 Å². The maximum absolute atomic E-state index is 2.50. The number of aryl methyl sites for hydroxylation is 2. The summed E-state index contributed by atoms with van der Waals surface area (Å²) in [7, 11) is 0.543. The summed E-state index contributed by atoms with van der Waals surface area (Å²) in [4.78, 5) is 0. The van der Waals surface area contributed by atoms with Crippen molar-refractivity contribution in [3.63, 3.8) is 0 Å². The van der Waals surface area contributed by atoms with Gasteiger partial charge in [-0.1, -0.05) is 78.8 Å². The molecule has 1 heterocycles. The van der Waals surface area contributed by atoms with E-state index in [2.05, 4.69) is 62.4 Å². The number of benzene rings is 2. The second-order valence-electron chi connectivity index (χ2n) is 6.10. The third-order valence-electron chi connectivity index (χ3n) is 3.81. The molecule has 0 saturated heterocycles. The number of hydrogen-bond donors (Lipinski definition) is 0. The van der Waals surface area contributed by atoms with Gasteiger partial charge in [0, 0.05) is 0 Å². The van der Waals surface area contributed by atoms with Gasteiger partial charge in [-0.25, -0.2) is 0 Å². The molecule has 0 unspecified atom stereocenters. The molecule has 0 N–H and O–H groups in total. The van der Waals surface area contributed by atoms with E-state index in [4.69, 9.17) is 0 Å². The molecule has 101 valence electrons. The maximum atomic E-state index is 2.50. The van der Waals surface area contributed by atoms with Crippen molar-refractivity contribution in [3.05, 3.63) is 59.7 Å². The Morgan fingerprint density at radius 3 is 2.45 bits per heavy atom. The molecule has 1 aliphatic heterocycles. The molecule has 3 rings (SSSR count). The van der Waals surface area contributed by atoms with Crippen LogP contribution >= 0.6 is 0 Å². The Kier molecular flexibility index (Phi) is 4.22. The Morgan fingerprint density at radius 1 is 1.00 bits per heavy atom. The van der Waals surface area contributed by atoms with Crippen LogP contribution in [0.15, 0.2) is 48.5 Å². The minimum atomic E-state index is -0.451. The zero-order valence-corrected chi connectivity index (χ0v) is 14.3. The van der Waals surface area contributed by atoms with Crippen molar-refractivity contribution < 1.29 is 0 Å². The molecule has 2 heteroatoms. The summed E-state index contributed by atoms with van der Waals surface area (Å²) in [6.07, 6.45) is 2.35. The molecule has 0 fully saturated rings. The Hall–Kier alpha value is -1.13. The predicted octanol–water partition coefficient (Wildman–Crippen LogP) is 2.67. The van der Waals surface area contributed by atoms with Crippen LogP contribution in [0, 0.1) is 5.92 Å². The maximum Gasteiger partial charge on any atom is 0.0780 e. The van der Waals surface area contributed by atoms with Crippen LogP contribution in [0.2, 0.25) is 6.04 Å². The lowest BCUT2D eigenvalue weighted by molar-refractivity contribution is 0.731. The van der Waals surface area contributed by atoms with E-state index in [-0.39, 0.29) is 0 Å². The lowest BCUT2D eigenvalue weighted by Gasteiger charge is -2.20. The van der Waals surface area contributed by atoms with Gasteiger partial charge in [-0.3, -0.25) is 0 Å². The average molecular weight is 294 g/mol. The minimum Gasteiger partial charge on any atom is -0.0668 e. The second-order valence-corrected chi connectivity index (χ2v) is 11.4. The van der Waals surface area contributed by atoms with Crippen molar-refractivity contribution >= 4 is 27.7 Å². The van der Waals surface area contributed by atoms with E-state index in [9.17, 15) is 0 Å². The van der Waals surface area contributed by atoms with Crippen LogP contribution < -0.4 is 10.4 Å². The van der Waals surface area contributed by atoms with Crippen LogP contribution in [0.25, 0.3) is 0 Å². The average Bonchev–Trinajstić information content (AvgIpc) is 2.44. The van der Waals surface area contributed by atoms with E-state index in [0.717, 1.165) is 15.0 Å². The van der Waals surface area contributed by atoms with Crippen molar-refractivity contribution in [3.8, 4) is 0 Å². The van der Waals surface area contributed by atoms with E-state index < -0.39 is 8.31 Å². The fraction of sp³-hybridized carbons (Fsp3) is 0.333. The molecule has 0 aliphatic carbocycles. The van der Waals surface area contributed by atoms with Gasteiger partial charge < -0.3 is 0 Å². The lowest BCUT2D eigenvalue weighted by Crippen LogP contribution is -2.43. The minimum absolute atomic E-state index is 0.451. The van der Waals surface area contributed by atoms with Gasteiger partial charge in [-0.2, -0.15) is 0 Å². The highest BCUT2D eigenvalue weighted by Gasteiger charge is 2.19. The normalized spacial score (nSPS) is 15.3. The van der Waals surface area contributed by atoms with Crippen LogP contribution in [0.5, 0.6) is 0 Å². The fourth-order valence-electron chi connectivity index (χ4n) is 2.83. The highest BCUT2D eigenvalue weighted by atomic mass is 29.2.